The van der Waals surface area contributed by atoms with Crippen molar-refractivity contribution in [1.82, 2.24) is 14.5 Å². The Morgan fingerprint density at radius 1 is 1.17 bits per heavy atom. The zero-order valence-corrected chi connectivity index (χ0v) is 17.5. The molecule has 1 fully saturated rings. The van der Waals surface area contributed by atoms with Crippen molar-refractivity contribution in [1.29, 1.82) is 0 Å². The number of carbonyl (C=O) groups is 1. The van der Waals surface area contributed by atoms with Crippen LogP contribution in [0.15, 0.2) is 48.7 Å². The Morgan fingerprint density at radius 3 is 2.69 bits per heavy atom. The van der Waals surface area contributed by atoms with Crippen LogP contribution < -0.4 is 11.1 Å². The molecule has 1 amide bonds. The highest BCUT2D eigenvalue weighted by atomic mass is 35.5. The zero-order valence-electron chi connectivity index (χ0n) is 15.9. The number of ether oxygens (including phenoxy) is 1. The van der Waals surface area contributed by atoms with Gasteiger partial charge in [-0.05, 0) is 37.1 Å². The molecule has 0 radical (unpaired) electrons. The number of aryl methyl sites for hydroxylation is 2. The molecule has 2 atom stereocenters. The summed E-state index contributed by atoms with van der Waals surface area (Å²) in [5.41, 5.74) is 8.47. The van der Waals surface area contributed by atoms with Crippen LogP contribution in [0.3, 0.4) is 0 Å². The SMILES string of the molecule is Cl.Cl.NC[C@H]1CC[C@@H](C(=O)Nc2nc3ccccc3n2CCc2ccccn2)O1. The summed E-state index contributed by atoms with van der Waals surface area (Å²) in [6.07, 6.45) is 3.52. The molecule has 1 saturated heterocycles. The molecule has 2 aromatic heterocycles. The smallest absolute Gasteiger partial charge is 0.255 e. The maximum atomic E-state index is 12.6. The summed E-state index contributed by atoms with van der Waals surface area (Å²) >= 11 is 0. The Kier molecular flexibility index (Phi) is 8.40. The number of aromatic nitrogens is 3. The van der Waals surface area contributed by atoms with Crippen LogP contribution in [0.25, 0.3) is 11.0 Å². The molecule has 0 bridgehead atoms. The highest BCUT2D eigenvalue weighted by Crippen LogP contribution is 2.23. The highest BCUT2D eigenvalue weighted by molar-refractivity contribution is 5.94. The van der Waals surface area contributed by atoms with Crippen molar-refractivity contribution >= 4 is 47.7 Å². The first-order valence-corrected chi connectivity index (χ1v) is 9.26. The maximum Gasteiger partial charge on any atom is 0.255 e. The second-order valence-electron chi connectivity index (χ2n) is 6.70. The number of nitrogens with zero attached hydrogens (tertiary/aromatic N) is 3. The van der Waals surface area contributed by atoms with Gasteiger partial charge in [0.25, 0.3) is 5.91 Å². The lowest BCUT2D eigenvalue weighted by molar-refractivity contribution is -0.126. The lowest BCUT2D eigenvalue weighted by atomic mass is 10.2. The third-order valence-corrected chi connectivity index (χ3v) is 4.87. The van der Waals surface area contributed by atoms with Gasteiger partial charge in [0, 0.05) is 31.4 Å². The second kappa shape index (κ2) is 10.5. The molecule has 156 valence electrons. The van der Waals surface area contributed by atoms with Crippen LogP contribution in [0.4, 0.5) is 5.95 Å². The average Bonchev–Trinajstić information content (AvgIpc) is 3.32. The van der Waals surface area contributed by atoms with Gasteiger partial charge in [-0.1, -0.05) is 18.2 Å². The van der Waals surface area contributed by atoms with E-state index < -0.39 is 6.10 Å². The zero-order chi connectivity index (χ0) is 18.6. The number of benzene rings is 1. The number of pyridine rings is 1. The van der Waals surface area contributed by atoms with E-state index in [1.54, 1.807) is 6.20 Å². The number of amides is 1. The molecule has 0 aliphatic carbocycles. The Balaban J connectivity index is 0.00000150. The summed E-state index contributed by atoms with van der Waals surface area (Å²) < 4.78 is 7.73. The van der Waals surface area contributed by atoms with Crippen molar-refractivity contribution in [2.45, 2.75) is 38.0 Å². The first kappa shape index (κ1) is 23.1. The average molecular weight is 438 g/mol. The van der Waals surface area contributed by atoms with Gasteiger partial charge in [0.1, 0.15) is 6.10 Å². The number of halogens is 2. The standard InChI is InChI=1S/C20H23N5O2.2ClH/c21-13-15-8-9-18(27-15)19(26)24-20-23-16-6-1-2-7-17(16)25(20)12-10-14-5-3-4-11-22-14;;/h1-7,11,15,18H,8-10,12-13,21H2,(H,23,24,26);2*1H/t15-,18+;;/m1../s1. The molecule has 3 N–H and O–H groups in total. The number of hydrogen-bond donors (Lipinski definition) is 2. The number of para-hydroxylation sites is 2. The molecule has 7 nitrogen and oxygen atoms in total. The van der Waals surface area contributed by atoms with E-state index in [1.807, 2.05) is 47.0 Å². The first-order valence-electron chi connectivity index (χ1n) is 9.26. The Hall–Kier alpha value is -2.19. The summed E-state index contributed by atoms with van der Waals surface area (Å²) in [7, 11) is 0. The van der Waals surface area contributed by atoms with E-state index in [1.165, 1.54) is 0 Å². The van der Waals surface area contributed by atoms with E-state index in [2.05, 4.69) is 15.3 Å². The van der Waals surface area contributed by atoms with Crippen LogP contribution in [0.5, 0.6) is 0 Å². The summed E-state index contributed by atoms with van der Waals surface area (Å²) in [4.78, 5) is 21.6. The molecule has 0 spiro atoms. The lowest BCUT2D eigenvalue weighted by Gasteiger charge is -2.14. The van der Waals surface area contributed by atoms with Crippen LogP contribution in [0.1, 0.15) is 18.5 Å². The molecule has 3 heterocycles. The molecule has 0 unspecified atom stereocenters. The molecular formula is C20H25Cl2N5O2. The summed E-state index contributed by atoms with van der Waals surface area (Å²) in [5, 5.41) is 2.95. The number of hydrogen-bond acceptors (Lipinski definition) is 5. The maximum absolute atomic E-state index is 12.6. The largest absolute Gasteiger partial charge is 0.364 e. The summed E-state index contributed by atoms with van der Waals surface area (Å²) in [6.45, 7) is 1.11. The molecule has 1 aliphatic rings. The van der Waals surface area contributed by atoms with Gasteiger partial charge in [0.2, 0.25) is 5.95 Å². The highest BCUT2D eigenvalue weighted by Gasteiger charge is 2.30. The minimum Gasteiger partial charge on any atom is -0.364 e. The third-order valence-electron chi connectivity index (χ3n) is 4.87. The van der Waals surface area contributed by atoms with E-state index in [0.29, 0.717) is 25.5 Å². The van der Waals surface area contributed by atoms with E-state index in [9.17, 15) is 4.79 Å². The number of nitrogens with one attached hydrogen (secondary N) is 1. The van der Waals surface area contributed by atoms with Crippen molar-refractivity contribution in [2.24, 2.45) is 5.73 Å². The van der Waals surface area contributed by atoms with Gasteiger partial charge in [-0.2, -0.15) is 0 Å². The molecular weight excluding hydrogens is 413 g/mol. The van der Waals surface area contributed by atoms with Gasteiger partial charge in [0.05, 0.1) is 17.1 Å². The molecule has 9 heteroatoms. The topological polar surface area (TPSA) is 95.1 Å². The molecule has 1 aromatic carbocycles. The number of anilines is 1. The number of fused-ring (bicyclic) bond motifs is 1. The van der Waals surface area contributed by atoms with Gasteiger partial charge in [-0.3, -0.25) is 15.1 Å². The lowest BCUT2D eigenvalue weighted by Crippen LogP contribution is -2.30. The predicted molar refractivity (Wildman–Crippen MR) is 118 cm³/mol. The normalized spacial score (nSPS) is 18.1. The van der Waals surface area contributed by atoms with Crippen molar-refractivity contribution in [3.8, 4) is 0 Å². The van der Waals surface area contributed by atoms with Crippen molar-refractivity contribution in [3.05, 3.63) is 54.4 Å². The van der Waals surface area contributed by atoms with Gasteiger partial charge in [-0.25, -0.2) is 4.98 Å². The van der Waals surface area contributed by atoms with Crippen molar-refractivity contribution < 1.29 is 9.53 Å². The van der Waals surface area contributed by atoms with Crippen LogP contribution in [-0.2, 0) is 22.5 Å². The van der Waals surface area contributed by atoms with Crippen LogP contribution in [0.2, 0.25) is 0 Å². The van der Waals surface area contributed by atoms with Gasteiger partial charge < -0.3 is 15.0 Å². The number of imidazole rings is 1. The van der Waals surface area contributed by atoms with E-state index in [0.717, 1.165) is 29.6 Å². The summed E-state index contributed by atoms with van der Waals surface area (Å²) in [6, 6.07) is 13.7. The first-order chi connectivity index (χ1) is 13.2. The molecule has 1 aliphatic heterocycles. The van der Waals surface area contributed by atoms with E-state index in [-0.39, 0.29) is 36.8 Å². The van der Waals surface area contributed by atoms with Crippen LogP contribution >= 0.6 is 24.8 Å². The monoisotopic (exact) mass is 437 g/mol. The quantitative estimate of drug-likeness (QED) is 0.617. The van der Waals surface area contributed by atoms with Gasteiger partial charge in [-0.15, -0.1) is 24.8 Å². The Bertz CT molecular complexity index is 935. The Morgan fingerprint density at radius 2 is 1.97 bits per heavy atom. The minimum atomic E-state index is -0.470. The number of carbonyl (C=O) groups excluding carboxylic acids is 1. The fourth-order valence-corrected chi connectivity index (χ4v) is 3.43. The van der Waals surface area contributed by atoms with Crippen molar-refractivity contribution in [2.75, 3.05) is 11.9 Å². The molecule has 29 heavy (non-hydrogen) atoms. The third kappa shape index (κ3) is 5.25. The van der Waals surface area contributed by atoms with Gasteiger partial charge in [0.15, 0.2) is 0 Å². The van der Waals surface area contributed by atoms with Crippen LogP contribution in [0, 0.1) is 0 Å². The molecule has 3 aromatic rings. The van der Waals surface area contributed by atoms with Gasteiger partial charge >= 0.3 is 0 Å². The van der Waals surface area contributed by atoms with E-state index in [4.69, 9.17) is 10.5 Å². The van der Waals surface area contributed by atoms with Crippen LogP contribution in [-0.4, -0.2) is 39.2 Å². The second-order valence-corrected chi connectivity index (χ2v) is 6.70. The van der Waals surface area contributed by atoms with E-state index >= 15 is 0 Å². The summed E-state index contributed by atoms with van der Waals surface area (Å²) in [5.74, 6) is 0.372. The predicted octanol–water partition coefficient (Wildman–Crippen LogP) is 2.96. The molecule has 0 saturated carbocycles. The molecule has 4 rings (SSSR count). The number of nitrogens with two attached hydrogens (primary N) is 1. The Labute approximate surface area is 181 Å². The minimum absolute atomic E-state index is 0. The number of rotatable bonds is 6. The van der Waals surface area contributed by atoms with Crippen molar-refractivity contribution in [3.63, 3.8) is 0 Å². The fourth-order valence-electron chi connectivity index (χ4n) is 3.43. The fraction of sp³-hybridized carbons (Fsp3) is 0.350.